The zero-order valence-electron chi connectivity index (χ0n) is 10.2. The number of rotatable bonds is 3. The Labute approximate surface area is 105 Å². The van der Waals surface area contributed by atoms with Crippen LogP contribution < -0.4 is 0 Å². The second-order valence-electron chi connectivity index (χ2n) is 3.53. The van der Waals surface area contributed by atoms with E-state index in [-0.39, 0.29) is 24.1 Å². The van der Waals surface area contributed by atoms with Crippen LogP contribution in [-0.2, 0) is 19.1 Å². The van der Waals surface area contributed by atoms with Gasteiger partial charge in [-0.2, -0.15) is 0 Å². The molecule has 1 amide bonds. The van der Waals surface area contributed by atoms with Gasteiger partial charge in [0.25, 0.3) is 0 Å². The summed E-state index contributed by atoms with van der Waals surface area (Å²) >= 11 is 0. The van der Waals surface area contributed by atoms with Gasteiger partial charge in [-0.3, -0.25) is 14.4 Å². The molecule has 0 aliphatic heterocycles. The minimum Gasteiger partial charge on any atom is -0.469 e. The molecule has 94 valence electrons. The number of allylic oxidation sites excluding steroid dienone is 5. The Morgan fingerprint density at radius 3 is 2.72 bits per heavy atom. The van der Waals surface area contributed by atoms with Crippen LogP contribution >= 0.6 is 0 Å². The smallest absolute Gasteiger partial charge is 0.309 e. The Morgan fingerprint density at radius 1 is 1.39 bits per heavy atom. The molecule has 0 atom stereocenters. The van der Waals surface area contributed by atoms with Crippen LogP contribution in [0.25, 0.3) is 0 Å². The van der Waals surface area contributed by atoms with Gasteiger partial charge in [0.1, 0.15) is 0 Å². The summed E-state index contributed by atoms with van der Waals surface area (Å²) in [7, 11) is 1.30. The van der Waals surface area contributed by atoms with E-state index >= 15 is 0 Å². The first-order valence-corrected chi connectivity index (χ1v) is 5.29. The number of methoxy groups -OCH3 is 1. The lowest BCUT2D eigenvalue weighted by molar-refractivity contribution is -0.139. The molecule has 0 bridgehead atoms. The van der Waals surface area contributed by atoms with Gasteiger partial charge in [-0.25, -0.2) is 4.99 Å². The fourth-order valence-corrected chi connectivity index (χ4v) is 1.30. The van der Waals surface area contributed by atoms with E-state index < -0.39 is 0 Å². The fourth-order valence-electron chi connectivity index (χ4n) is 1.30. The van der Waals surface area contributed by atoms with E-state index in [4.69, 9.17) is 0 Å². The maximum absolute atomic E-state index is 11.2. The number of ketones is 1. The van der Waals surface area contributed by atoms with Crippen LogP contribution in [0.15, 0.2) is 40.9 Å². The van der Waals surface area contributed by atoms with Crippen LogP contribution in [0.1, 0.15) is 13.3 Å². The highest BCUT2D eigenvalue weighted by Crippen LogP contribution is 2.09. The predicted octanol–water partition coefficient (Wildman–Crippen LogP) is 1.16. The molecule has 5 heteroatoms. The summed E-state index contributed by atoms with van der Waals surface area (Å²) < 4.78 is 4.48. The van der Waals surface area contributed by atoms with Crippen molar-refractivity contribution in [3.8, 4) is 0 Å². The Balaban J connectivity index is 2.85. The molecule has 0 spiro atoms. The van der Waals surface area contributed by atoms with Crippen molar-refractivity contribution in [3.63, 3.8) is 0 Å². The van der Waals surface area contributed by atoms with Crippen LogP contribution in [0.2, 0.25) is 0 Å². The first kappa shape index (κ1) is 13.8. The molecular formula is C13H13NO4. The molecule has 18 heavy (non-hydrogen) atoms. The standard InChI is InChI=1S/C13H13NO4/c1-9(15)14-12-7-6-11(16)8-10(12)4-3-5-13(17)18-2/h3-4,6-8H,5H2,1-2H3/b4-3+,14-12?. The van der Waals surface area contributed by atoms with E-state index in [1.165, 1.54) is 32.3 Å². The summed E-state index contributed by atoms with van der Waals surface area (Å²) in [5, 5.41) is 0. The van der Waals surface area contributed by atoms with E-state index in [0.29, 0.717) is 11.3 Å². The van der Waals surface area contributed by atoms with E-state index in [9.17, 15) is 14.4 Å². The molecule has 0 aromatic carbocycles. The summed E-state index contributed by atoms with van der Waals surface area (Å²) in [5.41, 5.74) is 0.907. The number of carbonyl (C=O) groups is 3. The van der Waals surface area contributed by atoms with Crippen molar-refractivity contribution in [2.24, 2.45) is 4.99 Å². The topological polar surface area (TPSA) is 72.8 Å². The van der Waals surface area contributed by atoms with Gasteiger partial charge >= 0.3 is 5.97 Å². The summed E-state index contributed by atoms with van der Waals surface area (Å²) in [6.45, 7) is 1.33. The highest BCUT2D eigenvalue weighted by molar-refractivity contribution is 6.22. The van der Waals surface area contributed by atoms with Crippen LogP contribution in [0.4, 0.5) is 0 Å². The molecule has 0 aromatic heterocycles. The van der Waals surface area contributed by atoms with Gasteiger partial charge in [0.2, 0.25) is 5.91 Å². The average Bonchev–Trinajstić information content (AvgIpc) is 2.31. The summed E-state index contributed by atoms with van der Waals surface area (Å²) in [5.74, 6) is -0.916. The molecule has 1 aliphatic carbocycles. The van der Waals surface area contributed by atoms with Crippen molar-refractivity contribution < 1.29 is 19.1 Å². The Morgan fingerprint density at radius 2 is 2.11 bits per heavy atom. The Bertz CT molecular complexity index is 495. The summed E-state index contributed by atoms with van der Waals surface area (Å²) in [6, 6.07) is 0. The zero-order chi connectivity index (χ0) is 13.5. The number of carbonyl (C=O) groups excluding carboxylic acids is 3. The summed E-state index contributed by atoms with van der Waals surface area (Å²) in [6.07, 6.45) is 7.38. The van der Waals surface area contributed by atoms with Crippen molar-refractivity contribution >= 4 is 23.4 Å². The zero-order valence-corrected chi connectivity index (χ0v) is 10.2. The van der Waals surface area contributed by atoms with E-state index in [0.717, 1.165) is 0 Å². The third kappa shape index (κ3) is 4.29. The van der Waals surface area contributed by atoms with Crippen LogP contribution in [0, 0.1) is 0 Å². The molecule has 5 nitrogen and oxygen atoms in total. The van der Waals surface area contributed by atoms with Gasteiger partial charge < -0.3 is 4.74 Å². The van der Waals surface area contributed by atoms with Crippen molar-refractivity contribution in [3.05, 3.63) is 36.0 Å². The normalized spacial score (nSPS) is 17.1. The number of hydrogen-bond acceptors (Lipinski definition) is 4. The Kier molecular flexibility index (Phi) is 4.92. The second kappa shape index (κ2) is 6.44. The number of ether oxygens (including phenoxy) is 1. The molecular weight excluding hydrogens is 234 g/mol. The molecule has 0 radical (unpaired) electrons. The minimum atomic E-state index is -0.380. The molecule has 1 rings (SSSR count). The monoisotopic (exact) mass is 247 g/mol. The second-order valence-corrected chi connectivity index (χ2v) is 3.53. The lowest BCUT2D eigenvalue weighted by Crippen LogP contribution is -2.08. The van der Waals surface area contributed by atoms with Crippen molar-refractivity contribution in [2.75, 3.05) is 7.11 Å². The molecule has 0 heterocycles. The van der Waals surface area contributed by atoms with Gasteiger partial charge in [0, 0.05) is 12.5 Å². The molecule has 0 N–H and O–H groups in total. The maximum atomic E-state index is 11.2. The average molecular weight is 247 g/mol. The quantitative estimate of drug-likeness (QED) is 0.554. The van der Waals surface area contributed by atoms with E-state index in [1.54, 1.807) is 12.2 Å². The maximum Gasteiger partial charge on any atom is 0.309 e. The minimum absolute atomic E-state index is 0.0963. The number of nitrogens with zero attached hydrogens (tertiary/aromatic N) is 1. The SMILES string of the molecule is COC(=O)C/C=C/C1=CC(=O)C=CC1=NC(C)=O. The largest absolute Gasteiger partial charge is 0.469 e. The van der Waals surface area contributed by atoms with Crippen molar-refractivity contribution in [2.45, 2.75) is 13.3 Å². The molecule has 1 aliphatic rings. The first-order valence-electron chi connectivity index (χ1n) is 5.29. The molecule has 0 fully saturated rings. The molecule has 0 aromatic rings. The third-order valence-electron chi connectivity index (χ3n) is 2.09. The van der Waals surface area contributed by atoms with E-state index in [2.05, 4.69) is 9.73 Å². The van der Waals surface area contributed by atoms with Gasteiger partial charge in [-0.1, -0.05) is 12.2 Å². The highest BCUT2D eigenvalue weighted by atomic mass is 16.5. The van der Waals surface area contributed by atoms with Gasteiger partial charge in [-0.15, -0.1) is 0 Å². The van der Waals surface area contributed by atoms with Crippen molar-refractivity contribution in [1.82, 2.24) is 0 Å². The number of amides is 1. The van der Waals surface area contributed by atoms with E-state index in [1.807, 2.05) is 0 Å². The lowest BCUT2D eigenvalue weighted by Gasteiger charge is -2.05. The van der Waals surface area contributed by atoms with Crippen LogP contribution in [0.3, 0.4) is 0 Å². The van der Waals surface area contributed by atoms with Crippen LogP contribution in [-0.4, -0.2) is 30.5 Å². The number of hydrogen-bond donors (Lipinski definition) is 0. The van der Waals surface area contributed by atoms with Gasteiger partial charge in [0.15, 0.2) is 5.78 Å². The highest BCUT2D eigenvalue weighted by Gasteiger charge is 2.09. The Hall–Kier alpha value is -2.30. The molecule has 0 saturated heterocycles. The van der Waals surface area contributed by atoms with Crippen LogP contribution in [0.5, 0.6) is 0 Å². The summed E-state index contributed by atoms with van der Waals surface area (Å²) in [4.78, 5) is 36.9. The van der Waals surface area contributed by atoms with Crippen molar-refractivity contribution in [1.29, 1.82) is 0 Å². The fraction of sp³-hybridized carbons (Fsp3) is 0.231. The third-order valence-corrected chi connectivity index (χ3v) is 2.09. The number of esters is 1. The predicted molar refractivity (Wildman–Crippen MR) is 66.1 cm³/mol. The van der Waals surface area contributed by atoms with Gasteiger partial charge in [0.05, 0.1) is 19.2 Å². The molecule has 0 saturated carbocycles. The molecule has 0 unspecified atom stereocenters. The number of aliphatic imine (C=N–C) groups is 1. The first-order chi connectivity index (χ1) is 8.52. The lowest BCUT2D eigenvalue weighted by atomic mass is 10.0. The van der Waals surface area contributed by atoms with Gasteiger partial charge in [-0.05, 0) is 18.2 Å².